The zero-order chi connectivity index (χ0) is 14.0. The number of phenolic OH excluding ortho intramolecular Hbond substituents is 1. The van der Waals surface area contributed by atoms with Gasteiger partial charge in [-0.1, -0.05) is 12.1 Å². The van der Waals surface area contributed by atoms with Gasteiger partial charge in [-0.25, -0.2) is 4.79 Å². The lowest BCUT2D eigenvalue weighted by Crippen LogP contribution is -2.53. The van der Waals surface area contributed by atoms with E-state index in [4.69, 9.17) is 4.74 Å². The fourth-order valence-corrected chi connectivity index (χ4v) is 2.12. The van der Waals surface area contributed by atoms with Crippen LogP contribution < -0.4 is 0 Å². The molecule has 0 aliphatic carbocycles. The van der Waals surface area contributed by atoms with Crippen molar-refractivity contribution >= 4 is 6.09 Å². The minimum Gasteiger partial charge on any atom is -0.508 e. The van der Waals surface area contributed by atoms with Crippen molar-refractivity contribution in [1.82, 2.24) is 4.90 Å². The number of carbonyl (C=O) groups excluding carboxylic acids is 1. The van der Waals surface area contributed by atoms with Crippen LogP contribution in [-0.2, 0) is 11.2 Å². The number of benzene rings is 1. The van der Waals surface area contributed by atoms with Crippen molar-refractivity contribution in [3.63, 3.8) is 0 Å². The molecule has 1 saturated heterocycles. The Morgan fingerprint density at radius 2 is 2.00 bits per heavy atom. The van der Waals surface area contributed by atoms with Crippen molar-refractivity contribution in [2.75, 3.05) is 6.54 Å². The fourth-order valence-electron chi connectivity index (χ4n) is 2.12. The third kappa shape index (κ3) is 3.63. The minimum absolute atomic E-state index is 0.208. The Labute approximate surface area is 114 Å². The highest BCUT2D eigenvalue weighted by atomic mass is 16.6. The first kappa shape index (κ1) is 13.7. The third-order valence-electron chi connectivity index (χ3n) is 3.18. The van der Waals surface area contributed by atoms with Gasteiger partial charge in [0.2, 0.25) is 0 Å². The van der Waals surface area contributed by atoms with Crippen LogP contribution in [0, 0.1) is 0 Å². The van der Waals surface area contributed by atoms with E-state index in [0.717, 1.165) is 24.9 Å². The average Bonchev–Trinajstić information content (AvgIpc) is 2.24. The van der Waals surface area contributed by atoms with Gasteiger partial charge in [-0.3, -0.25) is 0 Å². The number of carbonyl (C=O) groups is 1. The van der Waals surface area contributed by atoms with Crippen molar-refractivity contribution < 1.29 is 14.6 Å². The maximum atomic E-state index is 12.0. The monoisotopic (exact) mass is 263 g/mol. The van der Waals surface area contributed by atoms with Crippen LogP contribution in [0.4, 0.5) is 4.79 Å². The number of likely N-dealkylation sites (tertiary alicyclic amines) is 1. The Morgan fingerprint density at radius 1 is 1.37 bits per heavy atom. The van der Waals surface area contributed by atoms with Gasteiger partial charge >= 0.3 is 6.09 Å². The highest BCUT2D eigenvalue weighted by molar-refractivity contribution is 5.69. The van der Waals surface area contributed by atoms with E-state index >= 15 is 0 Å². The highest BCUT2D eigenvalue weighted by Gasteiger charge is 2.34. The topological polar surface area (TPSA) is 49.8 Å². The Kier molecular flexibility index (Phi) is 3.69. The molecule has 1 aliphatic rings. The van der Waals surface area contributed by atoms with Gasteiger partial charge in [0.15, 0.2) is 0 Å². The summed E-state index contributed by atoms with van der Waals surface area (Å²) in [5, 5.41) is 9.25. The molecule has 1 aromatic carbocycles. The standard InChI is InChI=1S/C15H21NO3/c1-15(2,3)19-14(18)16-9-8-12(16)10-11-4-6-13(17)7-5-11/h4-7,12,17H,8-10H2,1-3H3. The van der Waals surface area contributed by atoms with Crippen LogP contribution in [0.1, 0.15) is 32.8 Å². The molecule has 0 aromatic heterocycles. The van der Waals surface area contributed by atoms with E-state index in [1.807, 2.05) is 32.9 Å². The van der Waals surface area contributed by atoms with Gasteiger partial charge in [0, 0.05) is 12.6 Å². The first-order chi connectivity index (χ1) is 8.85. The van der Waals surface area contributed by atoms with Gasteiger partial charge in [0.1, 0.15) is 11.4 Å². The Hall–Kier alpha value is -1.71. The van der Waals surface area contributed by atoms with Crippen molar-refractivity contribution in [2.45, 2.75) is 45.3 Å². The van der Waals surface area contributed by atoms with Crippen molar-refractivity contribution in [2.24, 2.45) is 0 Å². The van der Waals surface area contributed by atoms with Gasteiger partial charge in [0.05, 0.1) is 0 Å². The quantitative estimate of drug-likeness (QED) is 0.892. The summed E-state index contributed by atoms with van der Waals surface area (Å²) in [6.45, 7) is 6.39. The molecule has 1 atom stereocenters. The number of rotatable bonds is 2. The summed E-state index contributed by atoms with van der Waals surface area (Å²) in [4.78, 5) is 13.7. The number of amides is 1. The molecule has 0 radical (unpaired) electrons. The summed E-state index contributed by atoms with van der Waals surface area (Å²) >= 11 is 0. The van der Waals surface area contributed by atoms with Crippen molar-refractivity contribution in [1.29, 1.82) is 0 Å². The first-order valence-electron chi connectivity index (χ1n) is 6.63. The summed E-state index contributed by atoms with van der Waals surface area (Å²) < 4.78 is 5.38. The van der Waals surface area contributed by atoms with E-state index in [1.54, 1.807) is 17.0 Å². The maximum Gasteiger partial charge on any atom is 0.410 e. The zero-order valence-corrected chi connectivity index (χ0v) is 11.7. The molecule has 1 heterocycles. The molecule has 1 fully saturated rings. The SMILES string of the molecule is CC(C)(C)OC(=O)N1CCC1Cc1ccc(O)cc1. The summed E-state index contributed by atoms with van der Waals surface area (Å²) in [6.07, 6.45) is 1.57. The van der Waals surface area contributed by atoms with Crippen LogP contribution in [0.15, 0.2) is 24.3 Å². The molecule has 0 saturated carbocycles. The lowest BCUT2D eigenvalue weighted by atomic mass is 9.96. The molecule has 1 N–H and O–H groups in total. The number of aromatic hydroxyl groups is 1. The van der Waals surface area contributed by atoms with E-state index in [2.05, 4.69) is 0 Å². The van der Waals surface area contributed by atoms with Crippen LogP contribution in [0.3, 0.4) is 0 Å². The van der Waals surface area contributed by atoms with Crippen molar-refractivity contribution in [3.05, 3.63) is 29.8 Å². The Morgan fingerprint density at radius 3 is 2.47 bits per heavy atom. The van der Waals surface area contributed by atoms with Crippen LogP contribution in [0.25, 0.3) is 0 Å². The van der Waals surface area contributed by atoms with E-state index in [9.17, 15) is 9.90 Å². The van der Waals surface area contributed by atoms with Crippen molar-refractivity contribution in [3.8, 4) is 5.75 Å². The third-order valence-corrected chi connectivity index (χ3v) is 3.18. The molecule has 0 spiro atoms. The lowest BCUT2D eigenvalue weighted by molar-refractivity contribution is -0.00498. The normalized spacial score (nSPS) is 18.9. The Balaban J connectivity index is 1.92. The van der Waals surface area contributed by atoms with Crippen LogP contribution in [0.5, 0.6) is 5.75 Å². The maximum absolute atomic E-state index is 12.0. The molecule has 1 unspecified atom stereocenters. The zero-order valence-electron chi connectivity index (χ0n) is 11.7. The minimum atomic E-state index is -0.449. The number of hydrogen-bond donors (Lipinski definition) is 1. The van der Waals surface area contributed by atoms with E-state index in [1.165, 1.54) is 0 Å². The largest absolute Gasteiger partial charge is 0.508 e. The smallest absolute Gasteiger partial charge is 0.410 e. The number of phenols is 1. The molecular weight excluding hydrogens is 242 g/mol. The molecule has 1 amide bonds. The molecule has 4 nitrogen and oxygen atoms in total. The second-order valence-corrected chi connectivity index (χ2v) is 5.99. The molecule has 1 aromatic rings. The molecule has 19 heavy (non-hydrogen) atoms. The summed E-state index contributed by atoms with van der Waals surface area (Å²) in [5.74, 6) is 0.265. The Bertz CT molecular complexity index is 447. The fraction of sp³-hybridized carbons (Fsp3) is 0.533. The number of hydrogen-bond acceptors (Lipinski definition) is 3. The van der Waals surface area contributed by atoms with Gasteiger partial charge in [-0.15, -0.1) is 0 Å². The number of nitrogens with zero attached hydrogens (tertiary/aromatic N) is 1. The first-order valence-corrected chi connectivity index (χ1v) is 6.63. The second-order valence-electron chi connectivity index (χ2n) is 5.99. The van der Waals surface area contributed by atoms with Gasteiger partial charge in [-0.05, 0) is 51.3 Å². The summed E-state index contributed by atoms with van der Waals surface area (Å²) in [6, 6.07) is 7.33. The molecule has 104 valence electrons. The molecular formula is C15H21NO3. The predicted octanol–water partition coefficient (Wildman–Crippen LogP) is 2.94. The predicted molar refractivity (Wildman–Crippen MR) is 73.2 cm³/mol. The van der Waals surface area contributed by atoms with E-state index in [-0.39, 0.29) is 17.9 Å². The van der Waals surface area contributed by atoms with Crippen LogP contribution in [0.2, 0.25) is 0 Å². The highest BCUT2D eigenvalue weighted by Crippen LogP contribution is 2.24. The molecule has 0 bridgehead atoms. The van der Waals surface area contributed by atoms with Crippen LogP contribution in [-0.4, -0.2) is 34.3 Å². The van der Waals surface area contributed by atoms with Gasteiger partial charge in [-0.2, -0.15) is 0 Å². The van der Waals surface area contributed by atoms with E-state index in [0.29, 0.717) is 0 Å². The molecule has 4 heteroatoms. The lowest BCUT2D eigenvalue weighted by Gasteiger charge is -2.41. The average molecular weight is 263 g/mol. The second kappa shape index (κ2) is 5.11. The summed E-state index contributed by atoms with van der Waals surface area (Å²) in [5.41, 5.74) is 0.673. The number of ether oxygens (including phenoxy) is 1. The molecule has 1 aliphatic heterocycles. The summed E-state index contributed by atoms with van der Waals surface area (Å²) in [7, 11) is 0. The van der Waals surface area contributed by atoms with E-state index < -0.39 is 5.60 Å². The molecule has 2 rings (SSSR count). The van der Waals surface area contributed by atoms with Crippen LogP contribution >= 0.6 is 0 Å². The van der Waals surface area contributed by atoms with Gasteiger partial charge < -0.3 is 14.7 Å². The van der Waals surface area contributed by atoms with Gasteiger partial charge in [0.25, 0.3) is 0 Å².